The number of anilines is 1. The van der Waals surface area contributed by atoms with E-state index < -0.39 is 0 Å². The standard InChI is InChI=1S/C13H22N2O/c1-5-6-12-7-11(9-16)8-13(14-12)15(4)10(2)3/h7-8,10,16H,5-6,9H2,1-4H3. The van der Waals surface area contributed by atoms with Gasteiger partial charge in [0, 0.05) is 18.8 Å². The van der Waals surface area contributed by atoms with Gasteiger partial charge in [-0.15, -0.1) is 0 Å². The monoisotopic (exact) mass is 222 g/mol. The van der Waals surface area contributed by atoms with E-state index in [0.29, 0.717) is 6.04 Å². The Morgan fingerprint density at radius 1 is 1.38 bits per heavy atom. The van der Waals surface area contributed by atoms with Crippen LogP contribution in [0.1, 0.15) is 38.4 Å². The van der Waals surface area contributed by atoms with E-state index in [0.717, 1.165) is 29.9 Å². The molecule has 1 aromatic rings. The number of pyridine rings is 1. The van der Waals surface area contributed by atoms with Gasteiger partial charge in [-0.1, -0.05) is 13.3 Å². The van der Waals surface area contributed by atoms with Crippen LogP contribution in [0.5, 0.6) is 0 Å². The average Bonchev–Trinajstić information content (AvgIpc) is 2.27. The third-order valence-electron chi connectivity index (χ3n) is 2.75. The molecule has 0 saturated carbocycles. The van der Waals surface area contributed by atoms with Crippen molar-refractivity contribution in [3.63, 3.8) is 0 Å². The molecule has 0 fully saturated rings. The first-order chi connectivity index (χ1) is 7.58. The van der Waals surface area contributed by atoms with Crippen molar-refractivity contribution in [1.29, 1.82) is 0 Å². The minimum absolute atomic E-state index is 0.0815. The number of hydrogen-bond donors (Lipinski definition) is 1. The molecule has 0 saturated heterocycles. The number of nitrogens with zero attached hydrogens (tertiary/aromatic N) is 2. The lowest BCUT2D eigenvalue weighted by Crippen LogP contribution is -2.27. The van der Waals surface area contributed by atoms with Crippen molar-refractivity contribution in [2.24, 2.45) is 0 Å². The molecule has 0 spiro atoms. The van der Waals surface area contributed by atoms with Gasteiger partial charge in [-0.25, -0.2) is 4.98 Å². The molecule has 0 aromatic carbocycles. The fourth-order valence-electron chi connectivity index (χ4n) is 1.55. The van der Waals surface area contributed by atoms with Gasteiger partial charge in [-0.3, -0.25) is 0 Å². The van der Waals surface area contributed by atoms with Crippen LogP contribution in [0.15, 0.2) is 12.1 Å². The van der Waals surface area contributed by atoms with Crippen molar-refractivity contribution in [2.45, 2.75) is 46.3 Å². The van der Waals surface area contributed by atoms with E-state index in [9.17, 15) is 5.11 Å². The molecule has 0 aliphatic carbocycles. The Balaban J connectivity index is 3.03. The van der Waals surface area contributed by atoms with Crippen molar-refractivity contribution in [2.75, 3.05) is 11.9 Å². The predicted molar refractivity (Wildman–Crippen MR) is 67.7 cm³/mol. The molecule has 16 heavy (non-hydrogen) atoms. The molecular formula is C13H22N2O. The molecule has 0 radical (unpaired) electrons. The first kappa shape index (κ1) is 13.0. The lowest BCUT2D eigenvalue weighted by atomic mass is 10.1. The van der Waals surface area contributed by atoms with Crippen LogP contribution in [0.2, 0.25) is 0 Å². The maximum Gasteiger partial charge on any atom is 0.129 e. The fourth-order valence-corrected chi connectivity index (χ4v) is 1.55. The van der Waals surface area contributed by atoms with E-state index in [1.807, 2.05) is 19.2 Å². The van der Waals surface area contributed by atoms with Crippen molar-refractivity contribution in [3.8, 4) is 0 Å². The Kier molecular flexibility index (Phi) is 4.74. The molecular weight excluding hydrogens is 200 g/mol. The highest BCUT2D eigenvalue weighted by molar-refractivity contribution is 5.42. The summed E-state index contributed by atoms with van der Waals surface area (Å²) in [4.78, 5) is 6.73. The summed E-state index contributed by atoms with van der Waals surface area (Å²) in [6.07, 6.45) is 2.04. The molecule has 1 aromatic heterocycles. The van der Waals surface area contributed by atoms with E-state index in [4.69, 9.17) is 0 Å². The minimum Gasteiger partial charge on any atom is -0.392 e. The normalized spacial score (nSPS) is 10.9. The summed E-state index contributed by atoms with van der Waals surface area (Å²) in [5.41, 5.74) is 2.01. The van der Waals surface area contributed by atoms with Gasteiger partial charge in [-0.05, 0) is 38.0 Å². The largest absolute Gasteiger partial charge is 0.392 e. The van der Waals surface area contributed by atoms with Crippen LogP contribution in [-0.2, 0) is 13.0 Å². The highest BCUT2D eigenvalue weighted by atomic mass is 16.3. The summed E-state index contributed by atoms with van der Waals surface area (Å²) in [5, 5.41) is 9.23. The zero-order valence-corrected chi connectivity index (χ0v) is 10.7. The number of rotatable bonds is 5. The summed E-state index contributed by atoms with van der Waals surface area (Å²) >= 11 is 0. The molecule has 0 aliphatic heterocycles. The third-order valence-corrected chi connectivity index (χ3v) is 2.75. The van der Waals surface area contributed by atoms with Crippen LogP contribution < -0.4 is 4.90 Å². The Morgan fingerprint density at radius 3 is 2.56 bits per heavy atom. The maximum absolute atomic E-state index is 9.23. The molecule has 1 rings (SSSR count). The first-order valence-corrected chi connectivity index (χ1v) is 5.92. The second-order valence-electron chi connectivity index (χ2n) is 4.44. The Hall–Kier alpha value is -1.09. The third kappa shape index (κ3) is 3.20. The minimum atomic E-state index is 0.0815. The van der Waals surface area contributed by atoms with Crippen LogP contribution in [0.25, 0.3) is 0 Å². The summed E-state index contributed by atoms with van der Waals surface area (Å²) in [6.45, 7) is 6.48. The van der Waals surface area contributed by atoms with Gasteiger partial charge in [-0.2, -0.15) is 0 Å². The van der Waals surface area contributed by atoms with Crippen LogP contribution in [0.3, 0.4) is 0 Å². The number of hydrogen-bond acceptors (Lipinski definition) is 3. The molecule has 3 nitrogen and oxygen atoms in total. The van der Waals surface area contributed by atoms with E-state index in [-0.39, 0.29) is 6.61 Å². The van der Waals surface area contributed by atoms with E-state index in [2.05, 4.69) is 30.7 Å². The lowest BCUT2D eigenvalue weighted by molar-refractivity contribution is 0.281. The van der Waals surface area contributed by atoms with E-state index in [1.165, 1.54) is 0 Å². The van der Waals surface area contributed by atoms with Gasteiger partial charge in [0.05, 0.1) is 6.61 Å². The van der Waals surface area contributed by atoms with E-state index in [1.54, 1.807) is 0 Å². The summed E-state index contributed by atoms with van der Waals surface area (Å²) < 4.78 is 0. The molecule has 0 bridgehead atoms. The van der Waals surface area contributed by atoms with Gasteiger partial charge in [0.2, 0.25) is 0 Å². The Bertz CT molecular complexity index is 337. The smallest absolute Gasteiger partial charge is 0.129 e. The van der Waals surface area contributed by atoms with Gasteiger partial charge in [0.15, 0.2) is 0 Å². The number of aryl methyl sites for hydroxylation is 1. The van der Waals surface area contributed by atoms with E-state index >= 15 is 0 Å². The average molecular weight is 222 g/mol. The van der Waals surface area contributed by atoms with Gasteiger partial charge >= 0.3 is 0 Å². The number of aromatic nitrogens is 1. The molecule has 3 heteroatoms. The van der Waals surface area contributed by atoms with Gasteiger partial charge in [0.25, 0.3) is 0 Å². The molecule has 0 unspecified atom stereocenters. The van der Waals surface area contributed by atoms with Crippen molar-refractivity contribution >= 4 is 5.82 Å². The summed E-state index contributed by atoms with van der Waals surface area (Å²) in [5.74, 6) is 0.949. The lowest BCUT2D eigenvalue weighted by Gasteiger charge is -2.23. The number of aliphatic hydroxyl groups is 1. The summed E-state index contributed by atoms with van der Waals surface area (Å²) in [7, 11) is 2.03. The van der Waals surface area contributed by atoms with Gasteiger partial charge in [0.1, 0.15) is 5.82 Å². The van der Waals surface area contributed by atoms with Crippen molar-refractivity contribution in [1.82, 2.24) is 4.98 Å². The zero-order valence-electron chi connectivity index (χ0n) is 10.7. The molecule has 0 aliphatic rings. The molecule has 0 amide bonds. The van der Waals surface area contributed by atoms with Crippen LogP contribution in [0, 0.1) is 0 Å². The summed E-state index contributed by atoms with van der Waals surface area (Å²) in [6, 6.07) is 4.36. The predicted octanol–water partition coefficient (Wildman–Crippen LogP) is 2.37. The van der Waals surface area contributed by atoms with Crippen LogP contribution in [0.4, 0.5) is 5.82 Å². The molecule has 1 heterocycles. The fraction of sp³-hybridized carbons (Fsp3) is 0.615. The molecule has 1 N–H and O–H groups in total. The second kappa shape index (κ2) is 5.85. The van der Waals surface area contributed by atoms with Crippen molar-refractivity contribution in [3.05, 3.63) is 23.4 Å². The topological polar surface area (TPSA) is 36.4 Å². The maximum atomic E-state index is 9.23. The Morgan fingerprint density at radius 2 is 2.06 bits per heavy atom. The van der Waals surface area contributed by atoms with Crippen molar-refractivity contribution < 1.29 is 5.11 Å². The Labute approximate surface area is 98.1 Å². The highest BCUT2D eigenvalue weighted by Gasteiger charge is 2.09. The molecule has 0 atom stereocenters. The zero-order chi connectivity index (χ0) is 12.1. The SMILES string of the molecule is CCCc1cc(CO)cc(N(C)C(C)C)n1. The molecule has 90 valence electrons. The quantitative estimate of drug-likeness (QED) is 0.831. The highest BCUT2D eigenvalue weighted by Crippen LogP contribution is 2.17. The van der Waals surface area contributed by atoms with Crippen LogP contribution >= 0.6 is 0 Å². The van der Waals surface area contributed by atoms with Crippen LogP contribution in [-0.4, -0.2) is 23.2 Å². The number of aliphatic hydroxyl groups excluding tert-OH is 1. The second-order valence-corrected chi connectivity index (χ2v) is 4.44. The first-order valence-electron chi connectivity index (χ1n) is 5.92. The van der Waals surface area contributed by atoms with Gasteiger partial charge < -0.3 is 10.0 Å².